The van der Waals surface area contributed by atoms with E-state index < -0.39 is 10.0 Å². The fourth-order valence-electron chi connectivity index (χ4n) is 2.86. The first kappa shape index (κ1) is 17.9. The largest absolute Gasteiger partial charge is 0.492 e. The highest BCUT2D eigenvalue weighted by atomic mass is 32.2. The average molecular weight is 361 g/mol. The van der Waals surface area contributed by atoms with Crippen molar-refractivity contribution < 1.29 is 17.9 Å². The molecule has 1 heterocycles. The third kappa shape index (κ3) is 4.81. The highest BCUT2D eigenvalue weighted by Crippen LogP contribution is 2.21. The second-order valence-corrected chi connectivity index (χ2v) is 8.36. The Kier molecular flexibility index (Phi) is 5.73. The molecular weight excluding hydrogens is 338 g/mol. The number of nitrogens with zero attached hydrogens (tertiary/aromatic N) is 1. The Hall–Kier alpha value is -1.89. The number of likely N-dealkylation sites (N-methyl/N-ethyl adjacent to an activating group) is 1. The summed E-state index contributed by atoms with van der Waals surface area (Å²) in [6, 6.07) is 17.3. The van der Waals surface area contributed by atoms with Crippen molar-refractivity contribution in [2.75, 3.05) is 26.0 Å². The van der Waals surface area contributed by atoms with Gasteiger partial charge in [0.15, 0.2) is 0 Å². The van der Waals surface area contributed by atoms with E-state index in [1.165, 1.54) is 15.4 Å². The molecule has 0 aromatic heterocycles. The van der Waals surface area contributed by atoms with Crippen LogP contribution in [0.1, 0.15) is 11.1 Å². The second kappa shape index (κ2) is 7.99. The molecule has 0 spiro atoms. The molecule has 1 unspecified atom stereocenters. The lowest BCUT2D eigenvalue weighted by atomic mass is 9.99. The molecule has 1 aliphatic rings. The maximum absolute atomic E-state index is 12.4. The first-order chi connectivity index (χ1) is 12.0. The van der Waals surface area contributed by atoms with E-state index in [1.54, 1.807) is 7.05 Å². The van der Waals surface area contributed by atoms with Gasteiger partial charge in [-0.15, -0.1) is 0 Å². The van der Waals surface area contributed by atoms with Crippen LogP contribution in [0.15, 0.2) is 54.6 Å². The smallest absolute Gasteiger partial charge is 0.217 e. The van der Waals surface area contributed by atoms with Crippen molar-refractivity contribution in [1.29, 1.82) is 0 Å². The van der Waals surface area contributed by atoms with E-state index in [2.05, 4.69) is 6.07 Å². The van der Waals surface area contributed by atoms with Crippen LogP contribution in [0, 0.1) is 0 Å². The number of para-hydroxylation sites is 1. The van der Waals surface area contributed by atoms with Crippen molar-refractivity contribution in [1.82, 2.24) is 4.31 Å². The van der Waals surface area contributed by atoms with Crippen LogP contribution in [-0.4, -0.2) is 44.8 Å². The summed E-state index contributed by atoms with van der Waals surface area (Å²) in [5.74, 6) is 0.620. The van der Waals surface area contributed by atoms with Crippen LogP contribution in [0.25, 0.3) is 0 Å². The van der Waals surface area contributed by atoms with Crippen LogP contribution in [0.5, 0.6) is 5.75 Å². The van der Waals surface area contributed by atoms with E-state index in [9.17, 15) is 8.42 Å². The number of benzene rings is 2. The summed E-state index contributed by atoms with van der Waals surface area (Å²) >= 11 is 0. The fraction of sp³-hybridized carbons (Fsp3) is 0.368. The monoisotopic (exact) mass is 361 g/mol. The summed E-state index contributed by atoms with van der Waals surface area (Å²) in [6.07, 6.45) is 0.612. The van der Waals surface area contributed by atoms with Gasteiger partial charge in [-0.2, -0.15) is 0 Å². The topological polar surface area (TPSA) is 55.8 Å². The summed E-state index contributed by atoms with van der Waals surface area (Å²) in [5.41, 5.74) is 2.41. The van der Waals surface area contributed by atoms with E-state index in [1.807, 2.05) is 48.5 Å². The van der Waals surface area contributed by atoms with Crippen LogP contribution in [0.3, 0.4) is 0 Å². The molecule has 0 aliphatic carbocycles. The molecule has 1 aliphatic heterocycles. The molecule has 1 atom stereocenters. The lowest BCUT2D eigenvalue weighted by molar-refractivity contribution is 0.0202. The third-order valence-corrected chi connectivity index (χ3v) is 6.11. The van der Waals surface area contributed by atoms with Gasteiger partial charge in [0.05, 0.1) is 18.5 Å². The zero-order chi connectivity index (χ0) is 17.7. The van der Waals surface area contributed by atoms with E-state index >= 15 is 0 Å². The van der Waals surface area contributed by atoms with E-state index in [0.29, 0.717) is 18.9 Å². The van der Waals surface area contributed by atoms with Crippen LogP contribution >= 0.6 is 0 Å². The van der Waals surface area contributed by atoms with Crippen molar-refractivity contribution in [2.45, 2.75) is 19.1 Å². The van der Waals surface area contributed by atoms with Gasteiger partial charge in [-0.1, -0.05) is 42.5 Å². The Balaban J connectivity index is 1.51. The lowest BCUT2D eigenvalue weighted by Crippen LogP contribution is -2.40. The number of ether oxygens (including phenoxy) is 2. The number of hydrogen-bond donors (Lipinski definition) is 0. The maximum atomic E-state index is 12.4. The van der Waals surface area contributed by atoms with Gasteiger partial charge in [0.25, 0.3) is 0 Å². The Morgan fingerprint density at radius 3 is 2.52 bits per heavy atom. The highest BCUT2D eigenvalue weighted by molar-refractivity contribution is 7.89. The maximum Gasteiger partial charge on any atom is 0.217 e. The summed E-state index contributed by atoms with van der Waals surface area (Å²) in [6.45, 7) is 1.01. The van der Waals surface area contributed by atoms with Gasteiger partial charge in [0, 0.05) is 20.0 Å². The molecule has 6 heteroatoms. The molecule has 25 heavy (non-hydrogen) atoms. The predicted octanol–water partition coefficient (Wildman–Crippen LogP) is 2.47. The molecule has 0 saturated heterocycles. The minimum atomic E-state index is -3.38. The fourth-order valence-corrected chi connectivity index (χ4v) is 3.86. The standard InChI is InChI=1S/C19H23NO4S/c1-20(14-19-13-16-7-5-6-8-17(16)15-24-19)25(21,22)12-11-23-18-9-3-2-4-10-18/h2-10,19H,11-15H2,1H3. The van der Waals surface area contributed by atoms with Gasteiger partial charge in [-0.25, -0.2) is 12.7 Å². The van der Waals surface area contributed by atoms with Gasteiger partial charge >= 0.3 is 0 Å². The minimum Gasteiger partial charge on any atom is -0.492 e. The zero-order valence-corrected chi connectivity index (χ0v) is 15.1. The normalized spacial score (nSPS) is 17.3. The number of rotatable bonds is 7. The van der Waals surface area contributed by atoms with Gasteiger partial charge in [-0.05, 0) is 23.3 Å². The van der Waals surface area contributed by atoms with Gasteiger partial charge in [-0.3, -0.25) is 0 Å². The van der Waals surface area contributed by atoms with Crippen LogP contribution in [0.4, 0.5) is 0 Å². The molecule has 0 amide bonds. The predicted molar refractivity (Wildman–Crippen MR) is 97.1 cm³/mol. The van der Waals surface area contributed by atoms with Crippen molar-refractivity contribution in [3.8, 4) is 5.75 Å². The van der Waals surface area contributed by atoms with Crippen LogP contribution in [0.2, 0.25) is 0 Å². The third-order valence-electron chi connectivity index (χ3n) is 4.33. The quantitative estimate of drug-likeness (QED) is 0.760. The van der Waals surface area contributed by atoms with Crippen molar-refractivity contribution in [2.24, 2.45) is 0 Å². The summed E-state index contributed by atoms with van der Waals surface area (Å²) in [4.78, 5) is 0. The van der Waals surface area contributed by atoms with Crippen molar-refractivity contribution in [3.05, 3.63) is 65.7 Å². The second-order valence-electron chi connectivity index (χ2n) is 6.16. The van der Waals surface area contributed by atoms with Gasteiger partial charge in [0.1, 0.15) is 12.4 Å². The van der Waals surface area contributed by atoms with Crippen LogP contribution in [-0.2, 0) is 27.8 Å². The van der Waals surface area contributed by atoms with Crippen molar-refractivity contribution >= 4 is 10.0 Å². The number of sulfonamides is 1. The first-order valence-corrected chi connectivity index (χ1v) is 9.96. The molecular formula is C19H23NO4S. The zero-order valence-electron chi connectivity index (χ0n) is 14.3. The average Bonchev–Trinajstić information content (AvgIpc) is 2.62. The molecule has 2 aromatic carbocycles. The van der Waals surface area contributed by atoms with Gasteiger partial charge < -0.3 is 9.47 Å². The highest BCUT2D eigenvalue weighted by Gasteiger charge is 2.25. The van der Waals surface area contributed by atoms with Crippen LogP contribution < -0.4 is 4.74 Å². The summed E-state index contributed by atoms with van der Waals surface area (Å²) in [7, 11) is -1.78. The van der Waals surface area contributed by atoms with Gasteiger partial charge in [0.2, 0.25) is 10.0 Å². The number of fused-ring (bicyclic) bond motifs is 1. The Morgan fingerprint density at radius 2 is 1.76 bits per heavy atom. The number of hydrogen-bond acceptors (Lipinski definition) is 4. The lowest BCUT2D eigenvalue weighted by Gasteiger charge is -2.28. The molecule has 0 saturated carbocycles. The first-order valence-electron chi connectivity index (χ1n) is 8.35. The molecule has 5 nitrogen and oxygen atoms in total. The summed E-state index contributed by atoms with van der Waals surface area (Å²) in [5, 5.41) is 0. The molecule has 0 bridgehead atoms. The summed E-state index contributed by atoms with van der Waals surface area (Å²) < 4.78 is 37.5. The molecule has 134 valence electrons. The SMILES string of the molecule is CN(CC1Cc2ccccc2CO1)S(=O)(=O)CCOc1ccccc1. The molecule has 0 fully saturated rings. The Bertz CT molecular complexity index is 792. The molecule has 3 rings (SSSR count). The Labute approximate surface area is 149 Å². The molecule has 0 N–H and O–H groups in total. The molecule has 0 radical (unpaired) electrons. The van der Waals surface area contributed by atoms with E-state index in [-0.39, 0.29) is 18.5 Å². The minimum absolute atomic E-state index is 0.0539. The Morgan fingerprint density at radius 1 is 1.08 bits per heavy atom. The molecule has 2 aromatic rings. The van der Waals surface area contributed by atoms with E-state index in [0.717, 1.165) is 6.42 Å². The van der Waals surface area contributed by atoms with E-state index in [4.69, 9.17) is 9.47 Å². The van der Waals surface area contributed by atoms with Crippen molar-refractivity contribution in [3.63, 3.8) is 0 Å².